The molecule has 1 N–H and O–H groups in total. The van der Waals surface area contributed by atoms with Crippen LogP contribution in [0.5, 0.6) is 0 Å². The first-order valence-electron chi connectivity index (χ1n) is 16.8. The highest BCUT2D eigenvalue weighted by molar-refractivity contribution is 7.24. The van der Waals surface area contributed by atoms with E-state index in [1.54, 1.807) is 17.6 Å². The Labute approximate surface area is 294 Å². The van der Waals surface area contributed by atoms with Gasteiger partial charge in [0.15, 0.2) is 0 Å². The fourth-order valence-corrected chi connectivity index (χ4v) is 7.97. The molecule has 6 heterocycles. The average molecular weight is 664 g/mol. The summed E-state index contributed by atoms with van der Waals surface area (Å²) in [6.07, 6.45) is 10.3. The third kappa shape index (κ3) is 5.33. The number of H-pyrrole nitrogens is 1. The van der Waals surface area contributed by atoms with Gasteiger partial charge < -0.3 is 9.40 Å². The predicted octanol–water partition coefficient (Wildman–Crippen LogP) is 12.6. The highest BCUT2D eigenvalue weighted by atomic mass is 32.1. The largest absolute Gasteiger partial charge is 0.464 e. The molecule has 2 aliphatic heterocycles. The molecular weight excluding hydrogens is 631 g/mol. The minimum atomic E-state index is 0.783. The molecule has 3 aromatic carbocycles. The molecule has 0 aliphatic carbocycles. The molecule has 2 aliphatic rings. The number of hydrogen-bond donors (Lipinski definition) is 1. The smallest absolute Gasteiger partial charge is 0.137 e. The summed E-state index contributed by atoms with van der Waals surface area (Å²) in [5.74, 6) is 0.783. The summed E-state index contributed by atoms with van der Waals surface area (Å²) >= 11 is 1.74. The predicted molar refractivity (Wildman–Crippen MR) is 211 cm³/mol. The Morgan fingerprint density at radius 1 is 0.460 bits per heavy atom. The van der Waals surface area contributed by atoms with E-state index < -0.39 is 0 Å². The second-order valence-electron chi connectivity index (χ2n) is 13.0. The Kier molecular flexibility index (Phi) is 7.29. The third-order valence-corrected chi connectivity index (χ3v) is 10.5. The Morgan fingerprint density at radius 2 is 0.880 bits per heavy atom. The van der Waals surface area contributed by atoms with Crippen molar-refractivity contribution in [2.75, 3.05) is 0 Å². The van der Waals surface area contributed by atoms with Gasteiger partial charge in [-0.2, -0.15) is 0 Å². The van der Waals surface area contributed by atoms with E-state index in [1.165, 1.54) is 16.7 Å². The van der Waals surface area contributed by atoms with Gasteiger partial charge in [-0.1, -0.05) is 89.5 Å². The van der Waals surface area contributed by atoms with Gasteiger partial charge in [-0.15, -0.1) is 11.3 Å². The van der Waals surface area contributed by atoms with E-state index in [-0.39, 0.29) is 0 Å². The summed E-state index contributed by atoms with van der Waals surface area (Å²) in [5, 5.41) is 0. The lowest BCUT2D eigenvalue weighted by atomic mass is 10.0. The quantitative estimate of drug-likeness (QED) is 0.204. The highest BCUT2D eigenvalue weighted by Gasteiger charge is 2.19. The van der Waals surface area contributed by atoms with Crippen molar-refractivity contribution in [3.05, 3.63) is 155 Å². The Hall–Kier alpha value is -6.04. The van der Waals surface area contributed by atoms with Gasteiger partial charge in [0.05, 0.1) is 34.6 Å². The Bertz CT molecular complexity index is 2590. The van der Waals surface area contributed by atoms with Gasteiger partial charge in [-0.05, 0) is 98.2 Å². The molecule has 0 saturated carbocycles. The van der Waals surface area contributed by atoms with Crippen LogP contribution in [0.4, 0.5) is 0 Å². The molecule has 50 heavy (non-hydrogen) atoms. The molecule has 0 radical (unpaired) electrons. The molecule has 8 bridgehead atoms. The van der Waals surface area contributed by atoms with Crippen LogP contribution in [0.15, 0.2) is 120 Å². The molecule has 0 spiro atoms. The molecular formula is C45H33N3OS. The number of rotatable bonds is 4. The molecule has 0 amide bonds. The van der Waals surface area contributed by atoms with E-state index in [4.69, 9.17) is 14.4 Å². The van der Waals surface area contributed by atoms with Gasteiger partial charge in [-0.3, -0.25) is 0 Å². The summed E-state index contributed by atoms with van der Waals surface area (Å²) in [4.78, 5) is 14.6. The fourth-order valence-electron chi connectivity index (χ4n) is 6.83. The van der Waals surface area contributed by atoms with Crippen molar-refractivity contribution in [2.45, 2.75) is 20.8 Å². The molecule has 4 nitrogen and oxygen atoms in total. The van der Waals surface area contributed by atoms with Crippen molar-refractivity contribution in [3.8, 4) is 44.7 Å². The Balaban J connectivity index is 1.47. The lowest BCUT2D eigenvalue weighted by Gasteiger charge is -2.07. The first-order chi connectivity index (χ1) is 24.5. The van der Waals surface area contributed by atoms with E-state index in [9.17, 15) is 0 Å². The molecule has 4 aromatic heterocycles. The standard InChI is InChI=1S/C45H33N3OS/c1-27-6-12-30(13-7-27)42-33-18-19-34(46-33)43(31-14-8-28(2)9-15-31)36-21-23-38(48-36)45(39-5-4-26-49-39)41-25-24-40(50-41)44(37-22-20-35(42)47-37)32-16-10-29(3)11-17-32/h4-26,46H,1-3H3. The second kappa shape index (κ2) is 12.1. The normalized spacial score (nSPS) is 12.1. The van der Waals surface area contributed by atoms with Crippen molar-refractivity contribution < 1.29 is 4.42 Å². The number of aryl methyl sites for hydroxylation is 3. The zero-order valence-corrected chi connectivity index (χ0v) is 28.8. The van der Waals surface area contributed by atoms with Crippen molar-refractivity contribution in [1.29, 1.82) is 0 Å². The van der Waals surface area contributed by atoms with Gasteiger partial charge in [-0.25, -0.2) is 9.97 Å². The average Bonchev–Trinajstić information content (AvgIpc) is 3.97. The topological polar surface area (TPSA) is 54.7 Å². The fraction of sp³-hybridized carbons (Fsp3) is 0.0667. The number of fused-ring (bicyclic) bond motifs is 8. The van der Waals surface area contributed by atoms with Gasteiger partial charge in [0.2, 0.25) is 0 Å². The molecule has 5 heteroatoms. The van der Waals surface area contributed by atoms with Crippen LogP contribution in [-0.2, 0) is 0 Å². The van der Waals surface area contributed by atoms with Gasteiger partial charge in [0.1, 0.15) is 5.76 Å². The van der Waals surface area contributed by atoms with Crippen LogP contribution in [0, 0.1) is 20.8 Å². The molecule has 240 valence electrons. The zero-order valence-electron chi connectivity index (χ0n) is 28.0. The van der Waals surface area contributed by atoms with Crippen LogP contribution < -0.4 is 0 Å². The number of aromatic amines is 1. The van der Waals surface area contributed by atoms with Crippen LogP contribution in [0.25, 0.3) is 89.4 Å². The zero-order chi connectivity index (χ0) is 33.8. The maximum Gasteiger partial charge on any atom is 0.137 e. The first kappa shape index (κ1) is 30.1. The first-order valence-corrected chi connectivity index (χ1v) is 17.6. The van der Waals surface area contributed by atoms with Crippen LogP contribution in [-0.4, -0.2) is 15.0 Å². The van der Waals surface area contributed by atoms with Gasteiger partial charge in [0.25, 0.3) is 0 Å². The monoisotopic (exact) mass is 663 g/mol. The number of nitrogens with zero attached hydrogens (tertiary/aromatic N) is 2. The number of hydrogen-bond acceptors (Lipinski definition) is 4. The van der Waals surface area contributed by atoms with E-state index in [0.717, 1.165) is 87.9 Å². The number of thiophene rings is 1. The number of benzene rings is 3. The van der Waals surface area contributed by atoms with E-state index in [1.807, 2.05) is 12.1 Å². The van der Waals surface area contributed by atoms with Crippen LogP contribution >= 0.6 is 11.3 Å². The molecule has 9 rings (SSSR count). The summed E-state index contributed by atoms with van der Waals surface area (Å²) in [5.41, 5.74) is 16.7. The summed E-state index contributed by atoms with van der Waals surface area (Å²) in [7, 11) is 0. The maximum absolute atomic E-state index is 6.06. The molecule has 0 unspecified atom stereocenters. The minimum Gasteiger partial charge on any atom is -0.464 e. The maximum atomic E-state index is 6.06. The summed E-state index contributed by atoms with van der Waals surface area (Å²) in [6.45, 7) is 6.36. The van der Waals surface area contributed by atoms with Crippen molar-refractivity contribution in [2.24, 2.45) is 0 Å². The van der Waals surface area contributed by atoms with Crippen molar-refractivity contribution >= 4 is 56.1 Å². The minimum absolute atomic E-state index is 0.783. The lowest BCUT2D eigenvalue weighted by molar-refractivity contribution is 0.582. The number of nitrogens with one attached hydrogen (secondary N) is 1. The molecule has 0 fully saturated rings. The van der Waals surface area contributed by atoms with Gasteiger partial charge in [0, 0.05) is 37.1 Å². The van der Waals surface area contributed by atoms with Gasteiger partial charge >= 0.3 is 0 Å². The van der Waals surface area contributed by atoms with E-state index in [0.29, 0.717) is 0 Å². The lowest BCUT2D eigenvalue weighted by Crippen LogP contribution is -1.88. The summed E-state index contributed by atoms with van der Waals surface area (Å²) < 4.78 is 8.27. The Morgan fingerprint density at radius 3 is 1.34 bits per heavy atom. The summed E-state index contributed by atoms with van der Waals surface area (Å²) in [6, 6.07) is 38.8. The number of aromatic nitrogens is 3. The second-order valence-corrected chi connectivity index (χ2v) is 14.0. The van der Waals surface area contributed by atoms with Crippen molar-refractivity contribution in [3.63, 3.8) is 0 Å². The molecule has 7 aromatic rings. The molecule has 0 atom stereocenters. The van der Waals surface area contributed by atoms with Crippen LogP contribution in [0.3, 0.4) is 0 Å². The molecule has 0 saturated heterocycles. The van der Waals surface area contributed by atoms with E-state index >= 15 is 0 Å². The highest BCUT2D eigenvalue weighted by Crippen LogP contribution is 2.41. The van der Waals surface area contributed by atoms with Crippen LogP contribution in [0.2, 0.25) is 0 Å². The van der Waals surface area contributed by atoms with E-state index in [2.05, 4.69) is 147 Å². The van der Waals surface area contributed by atoms with Crippen LogP contribution in [0.1, 0.15) is 39.5 Å². The van der Waals surface area contributed by atoms with Crippen molar-refractivity contribution in [1.82, 2.24) is 15.0 Å². The number of furan rings is 1. The SMILES string of the molecule is Cc1ccc(-c2c3nc(c(-c4ccc(C)cc4)c4ccc(s4)c(-c4ccco4)c4nc(c(-c5ccc(C)cc5)c5ccc2[nH]5)C=C4)C=C3)cc1. The third-order valence-electron chi connectivity index (χ3n) is 9.42.